The highest BCUT2D eigenvalue weighted by Gasteiger charge is 2.21. The van der Waals surface area contributed by atoms with E-state index in [2.05, 4.69) is 15.3 Å². The van der Waals surface area contributed by atoms with Gasteiger partial charge in [-0.1, -0.05) is 32.9 Å². The van der Waals surface area contributed by atoms with Gasteiger partial charge in [0.2, 0.25) is 0 Å². The van der Waals surface area contributed by atoms with Gasteiger partial charge in [-0.15, -0.1) is 0 Å². The Balaban J connectivity index is 1.91. The van der Waals surface area contributed by atoms with Crippen molar-refractivity contribution in [2.24, 2.45) is 5.41 Å². The minimum Gasteiger partial charge on any atom is -0.378 e. The maximum Gasteiger partial charge on any atom is 0.109 e. The van der Waals surface area contributed by atoms with Crippen LogP contribution >= 0.6 is 0 Å². The van der Waals surface area contributed by atoms with E-state index >= 15 is 0 Å². The second-order valence-corrected chi connectivity index (χ2v) is 5.67. The van der Waals surface area contributed by atoms with E-state index in [9.17, 15) is 5.11 Å². The molecule has 0 radical (unpaired) electrons. The number of aromatic amines is 1. The molecule has 0 spiro atoms. The van der Waals surface area contributed by atoms with Gasteiger partial charge in [-0.2, -0.15) is 0 Å². The summed E-state index contributed by atoms with van der Waals surface area (Å²) in [4.78, 5) is 7.77. The summed E-state index contributed by atoms with van der Waals surface area (Å²) in [6.07, 6.45) is 0.281. The molecular formula is C14H21N3O. The lowest BCUT2D eigenvalue weighted by Crippen LogP contribution is -2.41. The van der Waals surface area contributed by atoms with Crippen molar-refractivity contribution in [3.8, 4) is 0 Å². The number of imidazole rings is 1. The molecule has 0 aliphatic carbocycles. The Hall–Kier alpha value is -1.39. The zero-order chi connectivity index (χ0) is 13.2. The normalized spacial score (nSPS) is 14.0. The molecule has 2 aromatic rings. The Morgan fingerprint density at radius 3 is 2.72 bits per heavy atom. The van der Waals surface area contributed by atoms with Crippen LogP contribution in [0.15, 0.2) is 24.3 Å². The van der Waals surface area contributed by atoms with E-state index in [0.717, 1.165) is 23.3 Å². The molecule has 4 nitrogen and oxygen atoms in total. The summed E-state index contributed by atoms with van der Waals surface area (Å²) in [5.41, 5.74) is 1.90. The van der Waals surface area contributed by atoms with Crippen LogP contribution in [0.5, 0.6) is 0 Å². The fraction of sp³-hybridized carbons (Fsp3) is 0.500. The first-order valence-corrected chi connectivity index (χ1v) is 6.32. The first kappa shape index (κ1) is 13.1. The van der Waals surface area contributed by atoms with Crippen LogP contribution in [0.4, 0.5) is 0 Å². The lowest BCUT2D eigenvalue weighted by atomic mass is 9.94. The number of benzene rings is 1. The SMILES string of the molecule is CC(C)(C)C(O)NCCc1nc2ccccc2[nH]1. The number of nitrogens with one attached hydrogen (secondary N) is 2. The van der Waals surface area contributed by atoms with Gasteiger partial charge in [-0.25, -0.2) is 4.98 Å². The number of hydrogen-bond acceptors (Lipinski definition) is 3. The molecule has 0 saturated carbocycles. The van der Waals surface area contributed by atoms with Crippen LogP contribution in [-0.2, 0) is 6.42 Å². The molecule has 0 saturated heterocycles. The van der Waals surface area contributed by atoms with Crippen LogP contribution in [0.3, 0.4) is 0 Å². The van der Waals surface area contributed by atoms with Crippen LogP contribution < -0.4 is 5.32 Å². The topological polar surface area (TPSA) is 60.9 Å². The van der Waals surface area contributed by atoms with E-state index in [1.165, 1.54) is 0 Å². The quantitative estimate of drug-likeness (QED) is 0.725. The van der Waals surface area contributed by atoms with Crippen molar-refractivity contribution in [3.05, 3.63) is 30.1 Å². The van der Waals surface area contributed by atoms with Crippen molar-refractivity contribution in [1.29, 1.82) is 0 Å². The van der Waals surface area contributed by atoms with Crippen LogP contribution in [0, 0.1) is 5.41 Å². The fourth-order valence-corrected chi connectivity index (χ4v) is 1.76. The third-order valence-electron chi connectivity index (χ3n) is 2.96. The Labute approximate surface area is 107 Å². The van der Waals surface area contributed by atoms with Crippen molar-refractivity contribution >= 4 is 11.0 Å². The number of aromatic nitrogens is 2. The lowest BCUT2D eigenvalue weighted by molar-refractivity contribution is 0.0338. The molecule has 0 aliphatic rings. The molecule has 4 heteroatoms. The van der Waals surface area contributed by atoms with Gasteiger partial charge in [0.05, 0.1) is 11.0 Å². The van der Waals surface area contributed by atoms with E-state index in [4.69, 9.17) is 0 Å². The summed E-state index contributed by atoms with van der Waals surface area (Å²) in [5.74, 6) is 0.949. The predicted octanol–water partition coefficient (Wildman–Crippen LogP) is 2.06. The van der Waals surface area contributed by atoms with Crippen LogP contribution in [0.1, 0.15) is 26.6 Å². The number of rotatable bonds is 4. The van der Waals surface area contributed by atoms with Gasteiger partial charge in [-0.3, -0.25) is 5.32 Å². The molecule has 3 N–H and O–H groups in total. The van der Waals surface area contributed by atoms with Gasteiger partial charge in [0.15, 0.2) is 0 Å². The van der Waals surface area contributed by atoms with Crippen molar-refractivity contribution in [1.82, 2.24) is 15.3 Å². The van der Waals surface area contributed by atoms with Gasteiger partial charge in [0.25, 0.3) is 0 Å². The average molecular weight is 247 g/mol. The number of hydrogen-bond donors (Lipinski definition) is 3. The summed E-state index contributed by atoms with van der Waals surface area (Å²) >= 11 is 0. The van der Waals surface area contributed by atoms with Crippen LogP contribution in [-0.4, -0.2) is 27.8 Å². The molecule has 1 heterocycles. The van der Waals surface area contributed by atoms with E-state index < -0.39 is 6.23 Å². The third kappa shape index (κ3) is 3.09. The Bertz CT molecular complexity index is 480. The Kier molecular flexibility index (Phi) is 3.68. The molecule has 1 unspecified atom stereocenters. The maximum atomic E-state index is 9.86. The van der Waals surface area contributed by atoms with E-state index in [0.29, 0.717) is 6.54 Å². The van der Waals surface area contributed by atoms with Crippen molar-refractivity contribution in [2.45, 2.75) is 33.4 Å². The third-order valence-corrected chi connectivity index (χ3v) is 2.96. The summed E-state index contributed by atoms with van der Waals surface area (Å²) in [5, 5.41) is 13.0. The number of H-pyrrole nitrogens is 1. The second-order valence-electron chi connectivity index (χ2n) is 5.67. The highest BCUT2D eigenvalue weighted by atomic mass is 16.3. The number of fused-ring (bicyclic) bond motifs is 1. The number of aliphatic hydroxyl groups is 1. The molecular weight excluding hydrogens is 226 g/mol. The molecule has 1 aromatic carbocycles. The summed E-state index contributed by atoms with van der Waals surface area (Å²) < 4.78 is 0. The smallest absolute Gasteiger partial charge is 0.109 e. The largest absolute Gasteiger partial charge is 0.378 e. The van der Waals surface area contributed by atoms with Crippen LogP contribution in [0.25, 0.3) is 11.0 Å². The molecule has 0 aliphatic heterocycles. The van der Waals surface area contributed by atoms with Crippen molar-refractivity contribution < 1.29 is 5.11 Å². The summed E-state index contributed by atoms with van der Waals surface area (Å²) in [6.45, 7) is 6.72. The average Bonchev–Trinajstić information content (AvgIpc) is 2.70. The van der Waals surface area contributed by atoms with Crippen molar-refractivity contribution in [3.63, 3.8) is 0 Å². The van der Waals surface area contributed by atoms with E-state index in [1.54, 1.807) is 0 Å². The maximum absolute atomic E-state index is 9.86. The fourth-order valence-electron chi connectivity index (χ4n) is 1.76. The van der Waals surface area contributed by atoms with Gasteiger partial charge < -0.3 is 10.1 Å². The second kappa shape index (κ2) is 5.08. The van der Waals surface area contributed by atoms with Gasteiger partial charge in [-0.05, 0) is 12.1 Å². The molecule has 1 atom stereocenters. The zero-order valence-corrected chi connectivity index (χ0v) is 11.2. The lowest BCUT2D eigenvalue weighted by Gasteiger charge is -2.26. The molecule has 18 heavy (non-hydrogen) atoms. The number of para-hydroxylation sites is 2. The molecule has 2 rings (SSSR count). The minimum atomic E-state index is -0.498. The van der Waals surface area contributed by atoms with Gasteiger partial charge in [0, 0.05) is 18.4 Å². The van der Waals surface area contributed by atoms with Gasteiger partial charge in [0.1, 0.15) is 12.1 Å². The number of aliphatic hydroxyl groups excluding tert-OH is 1. The van der Waals surface area contributed by atoms with Gasteiger partial charge >= 0.3 is 0 Å². The van der Waals surface area contributed by atoms with Crippen molar-refractivity contribution in [2.75, 3.05) is 6.54 Å². The molecule has 0 fully saturated rings. The first-order chi connectivity index (χ1) is 8.47. The first-order valence-electron chi connectivity index (χ1n) is 6.32. The Morgan fingerprint density at radius 2 is 2.06 bits per heavy atom. The Morgan fingerprint density at radius 1 is 1.33 bits per heavy atom. The zero-order valence-electron chi connectivity index (χ0n) is 11.2. The molecule has 0 amide bonds. The minimum absolute atomic E-state index is 0.145. The molecule has 0 bridgehead atoms. The predicted molar refractivity (Wildman–Crippen MR) is 73.3 cm³/mol. The van der Waals surface area contributed by atoms with Crippen LogP contribution in [0.2, 0.25) is 0 Å². The summed E-state index contributed by atoms with van der Waals surface area (Å²) in [7, 11) is 0. The number of nitrogens with zero attached hydrogens (tertiary/aromatic N) is 1. The molecule has 1 aromatic heterocycles. The monoisotopic (exact) mass is 247 g/mol. The highest BCUT2D eigenvalue weighted by molar-refractivity contribution is 5.74. The van der Waals surface area contributed by atoms with E-state index in [-0.39, 0.29) is 5.41 Å². The standard InChI is InChI=1S/C14H21N3O/c1-14(2,3)13(18)15-9-8-12-16-10-6-4-5-7-11(10)17-12/h4-7,13,15,18H,8-9H2,1-3H3,(H,16,17). The highest BCUT2D eigenvalue weighted by Crippen LogP contribution is 2.16. The summed E-state index contributed by atoms with van der Waals surface area (Å²) in [6, 6.07) is 7.98. The molecule has 98 valence electrons. The van der Waals surface area contributed by atoms with E-state index in [1.807, 2.05) is 45.0 Å².